The minimum atomic E-state index is -3.54. The molecule has 0 bridgehead atoms. The van der Waals surface area contributed by atoms with Crippen LogP contribution in [0.15, 0.2) is 23.1 Å². The number of anilines is 1. The third kappa shape index (κ3) is 5.03. The average molecular weight is 368 g/mol. The molecule has 1 aromatic carbocycles. The van der Waals surface area contributed by atoms with E-state index >= 15 is 0 Å². The van der Waals surface area contributed by atoms with E-state index in [0.717, 1.165) is 25.7 Å². The van der Waals surface area contributed by atoms with Crippen LogP contribution in [0.4, 0.5) is 5.69 Å². The van der Waals surface area contributed by atoms with Crippen molar-refractivity contribution in [3.63, 3.8) is 0 Å². The second-order valence-electron chi connectivity index (χ2n) is 6.75. The number of benzene rings is 1. The Morgan fingerprint density at radius 3 is 2.44 bits per heavy atom. The molecule has 0 aliphatic carbocycles. The SMILES string of the molecule is CNCC(C)C(=O)Nc1ccc(C)c(S(=O)(=O)N2CCCCCC2)c1. The van der Waals surface area contributed by atoms with Gasteiger partial charge in [0.15, 0.2) is 0 Å². The molecule has 2 N–H and O–H groups in total. The van der Waals surface area contributed by atoms with Gasteiger partial charge in [0.05, 0.1) is 4.90 Å². The second-order valence-corrected chi connectivity index (χ2v) is 8.65. The first-order valence-corrected chi connectivity index (χ1v) is 10.4. The smallest absolute Gasteiger partial charge is 0.243 e. The van der Waals surface area contributed by atoms with Crippen LogP contribution in [0, 0.1) is 12.8 Å². The van der Waals surface area contributed by atoms with Crippen molar-refractivity contribution in [1.82, 2.24) is 9.62 Å². The number of sulfonamides is 1. The van der Waals surface area contributed by atoms with Gasteiger partial charge < -0.3 is 10.6 Å². The molecule has 25 heavy (non-hydrogen) atoms. The average Bonchev–Trinajstić information content (AvgIpc) is 2.86. The number of carbonyl (C=O) groups excluding carboxylic acids is 1. The number of rotatable bonds is 6. The summed E-state index contributed by atoms with van der Waals surface area (Å²) in [6.07, 6.45) is 3.95. The molecular formula is C18H29N3O3S. The van der Waals surface area contributed by atoms with Gasteiger partial charge in [-0.3, -0.25) is 4.79 Å². The molecule has 2 rings (SSSR count). The van der Waals surface area contributed by atoms with E-state index in [9.17, 15) is 13.2 Å². The normalized spacial score (nSPS) is 17.7. The van der Waals surface area contributed by atoms with Crippen LogP contribution in [0.2, 0.25) is 0 Å². The van der Waals surface area contributed by atoms with Crippen LogP contribution in [-0.4, -0.2) is 45.3 Å². The Bertz CT molecular complexity index is 696. The summed E-state index contributed by atoms with van der Waals surface area (Å²) in [5, 5.41) is 5.78. The minimum absolute atomic E-state index is 0.128. The molecule has 1 aliphatic rings. The molecule has 0 saturated carbocycles. The van der Waals surface area contributed by atoms with E-state index in [-0.39, 0.29) is 16.7 Å². The summed E-state index contributed by atoms with van der Waals surface area (Å²) in [5.74, 6) is -0.326. The lowest BCUT2D eigenvalue weighted by atomic mass is 10.1. The van der Waals surface area contributed by atoms with Gasteiger partial charge in [0, 0.05) is 31.2 Å². The van der Waals surface area contributed by atoms with Crippen molar-refractivity contribution in [2.75, 3.05) is 32.0 Å². The van der Waals surface area contributed by atoms with E-state index in [4.69, 9.17) is 0 Å². The van der Waals surface area contributed by atoms with Crippen molar-refractivity contribution in [1.29, 1.82) is 0 Å². The predicted octanol–water partition coefficient (Wildman–Crippen LogP) is 2.35. The van der Waals surface area contributed by atoms with Gasteiger partial charge in [-0.15, -0.1) is 0 Å². The van der Waals surface area contributed by atoms with Gasteiger partial charge in [-0.05, 0) is 44.5 Å². The number of nitrogens with zero attached hydrogens (tertiary/aromatic N) is 1. The van der Waals surface area contributed by atoms with Crippen molar-refractivity contribution in [2.24, 2.45) is 5.92 Å². The molecule has 6 nitrogen and oxygen atoms in total. The van der Waals surface area contributed by atoms with Crippen LogP contribution in [0.1, 0.15) is 38.2 Å². The maximum Gasteiger partial charge on any atom is 0.243 e. The predicted molar refractivity (Wildman–Crippen MR) is 100 cm³/mol. The molecule has 0 spiro atoms. The van der Waals surface area contributed by atoms with Crippen LogP contribution < -0.4 is 10.6 Å². The zero-order chi connectivity index (χ0) is 18.4. The first-order chi connectivity index (χ1) is 11.9. The van der Waals surface area contributed by atoms with Gasteiger partial charge in [0.25, 0.3) is 0 Å². The number of amides is 1. The molecule has 1 aliphatic heterocycles. The van der Waals surface area contributed by atoms with Crippen molar-refractivity contribution in [2.45, 2.75) is 44.4 Å². The first-order valence-electron chi connectivity index (χ1n) is 8.92. The summed E-state index contributed by atoms with van der Waals surface area (Å²) in [6.45, 7) is 5.32. The molecule has 1 aromatic rings. The Morgan fingerprint density at radius 1 is 1.20 bits per heavy atom. The lowest BCUT2D eigenvalue weighted by Crippen LogP contribution is -2.32. The maximum absolute atomic E-state index is 13.0. The topological polar surface area (TPSA) is 78.5 Å². The van der Waals surface area contributed by atoms with Gasteiger partial charge in [-0.2, -0.15) is 4.31 Å². The summed E-state index contributed by atoms with van der Waals surface area (Å²) < 4.78 is 27.7. The lowest BCUT2D eigenvalue weighted by Gasteiger charge is -2.22. The summed E-state index contributed by atoms with van der Waals surface area (Å²) in [4.78, 5) is 12.5. The summed E-state index contributed by atoms with van der Waals surface area (Å²) in [5.41, 5.74) is 1.22. The first kappa shape index (κ1) is 19.9. The fraction of sp³-hybridized carbons (Fsp3) is 0.611. The highest BCUT2D eigenvalue weighted by molar-refractivity contribution is 7.89. The number of hydrogen-bond donors (Lipinski definition) is 2. The number of nitrogens with one attached hydrogen (secondary N) is 2. The van der Waals surface area contributed by atoms with E-state index in [0.29, 0.717) is 30.9 Å². The van der Waals surface area contributed by atoms with Crippen molar-refractivity contribution < 1.29 is 13.2 Å². The zero-order valence-corrected chi connectivity index (χ0v) is 16.2. The Morgan fingerprint density at radius 2 is 1.84 bits per heavy atom. The molecule has 1 saturated heterocycles. The van der Waals surface area contributed by atoms with Crippen LogP contribution in [0.25, 0.3) is 0 Å². The molecular weight excluding hydrogens is 338 g/mol. The van der Waals surface area contributed by atoms with Crippen LogP contribution in [0.5, 0.6) is 0 Å². The van der Waals surface area contributed by atoms with Crippen LogP contribution in [0.3, 0.4) is 0 Å². The van der Waals surface area contributed by atoms with Gasteiger partial charge in [0.2, 0.25) is 15.9 Å². The Kier molecular flexibility index (Phi) is 6.98. The van der Waals surface area contributed by atoms with E-state index in [1.807, 2.05) is 6.92 Å². The Hall–Kier alpha value is -1.44. The van der Waals surface area contributed by atoms with Gasteiger partial charge in [-0.1, -0.05) is 25.8 Å². The van der Waals surface area contributed by atoms with E-state index in [2.05, 4.69) is 10.6 Å². The Labute approximate surface area is 151 Å². The van der Waals surface area contributed by atoms with Crippen molar-refractivity contribution in [3.05, 3.63) is 23.8 Å². The standard InChI is InChI=1S/C18H29N3O3S/c1-14-8-9-16(20-18(22)15(2)13-19-3)12-17(14)25(23,24)21-10-6-4-5-7-11-21/h8-9,12,15,19H,4-7,10-11,13H2,1-3H3,(H,20,22). The highest BCUT2D eigenvalue weighted by atomic mass is 32.2. The van der Waals surface area contributed by atoms with Crippen molar-refractivity contribution >= 4 is 21.6 Å². The second kappa shape index (κ2) is 8.78. The molecule has 140 valence electrons. The highest BCUT2D eigenvalue weighted by Crippen LogP contribution is 2.26. The molecule has 1 fully saturated rings. The maximum atomic E-state index is 13.0. The summed E-state index contributed by atoms with van der Waals surface area (Å²) in [7, 11) is -1.74. The number of carbonyl (C=O) groups is 1. The zero-order valence-electron chi connectivity index (χ0n) is 15.3. The monoisotopic (exact) mass is 367 g/mol. The fourth-order valence-electron chi connectivity index (χ4n) is 3.04. The van der Waals surface area contributed by atoms with Crippen molar-refractivity contribution in [3.8, 4) is 0 Å². The molecule has 1 amide bonds. The van der Waals surface area contributed by atoms with Crippen LogP contribution in [-0.2, 0) is 14.8 Å². The molecule has 1 atom stereocenters. The summed E-state index contributed by atoms with van der Waals surface area (Å²) in [6, 6.07) is 5.09. The molecule has 0 aromatic heterocycles. The van der Waals surface area contributed by atoms with E-state index < -0.39 is 10.0 Å². The molecule has 1 unspecified atom stereocenters. The Balaban J connectivity index is 2.24. The molecule has 0 radical (unpaired) electrons. The quantitative estimate of drug-likeness (QED) is 0.809. The fourth-order valence-corrected chi connectivity index (χ4v) is 4.81. The highest BCUT2D eigenvalue weighted by Gasteiger charge is 2.27. The van der Waals surface area contributed by atoms with E-state index in [1.54, 1.807) is 36.5 Å². The molecule has 7 heteroatoms. The number of aryl methyl sites for hydroxylation is 1. The molecule has 1 heterocycles. The minimum Gasteiger partial charge on any atom is -0.326 e. The van der Waals surface area contributed by atoms with E-state index in [1.165, 1.54) is 0 Å². The van der Waals surface area contributed by atoms with Crippen LogP contribution >= 0.6 is 0 Å². The van der Waals surface area contributed by atoms with Gasteiger partial charge in [0.1, 0.15) is 0 Å². The number of hydrogen-bond acceptors (Lipinski definition) is 4. The third-order valence-electron chi connectivity index (χ3n) is 4.60. The largest absolute Gasteiger partial charge is 0.326 e. The summed E-state index contributed by atoms with van der Waals surface area (Å²) >= 11 is 0. The third-order valence-corrected chi connectivity index (χ3v) is 6.64. The van der Waals surface area contributed by atoms with Gasteiger partial charge in [-0.25, -0.2) is 8.42 Å². The van der Waals surface area contributed by atoms with Gasteiger partial charge >= 0.3 is 0 Å². The lowest BCUT2D eigenvalue weighted by molar-refractivity contribution is -0.119.